The molecule has 0 aliphatic carbocycles. The number of carbonyl (C=O) groups is 3. The Kier molecular flexibility index (Phi) is 9.00. The van der Waals surface area contributed by atoms with Crippen LogP contribution in [0.25, 0.3) is 11.0 Å². The minimum Gasteiger partial charge on any atom is -0.497 e. The van der Waals surface area contributed by atoms with Gasteiger partial charge in [0, 0.05) is 33.1 Å². The quantitative estimate of drug-likeness (QED) is 0.373. The summed E-state index contributed by atoms with van der Waals surface area (Å²) in [6.07, 6.45) is 0.710. The zero-order valence-corrected chi connectivity index (χ0v) is 24.0. The van der Waals surface area contributed by atoms with Gasteiger partial charge in [0.2, 0.25) is 17.7 Å². The fourth-order valence-electron chi connectivity index (χ4n) is 5.88. The molecule has 2 fully saturated rings. The third kappa shape index (κ3) is 6.70. The zero-order valence-electron chi connectivity index (χ0n) is 24.0. The van der Waals surface area contributed by atoms with Crippen molar-refractivity contribution in [2.75, 3.05) is 26.7 Å². The lowest BCUT2D eigenvalue weighted by Gasteiger charge is -2.27. The summed E-state index contributed by atoms with van der Waals surface area (Å²) >= 11 is 0. The van der Waals surface area contributed by atoms with Gasteiger partial charge in [-0.15, -0.1) is 5.10 Å². The number of nitrogens with one attached hydrogen (secondary N) is 1. The second-order valence-electron chi connectivity index (χ2n) is 11.3. The smallest absolute Gasteiger partial charge is 0.243 e. The predicted molar refractivity (Wildman–Crippen MR) is 154 cm³/mol. The zero-order chi connectivity index (χ0) is 29.8. The summed E-state index contributed by atoms with van der Waals surface area (Å²) in [5, 5.41) is 11.1. The molecule has 3 N–H and O–H groups in total. The summed E-state index contributed by atoms with van der Waals surface area (Å²) in [5.41, 5.74) is 9.86. The first-order valence-corrected chi connectivity index (χ1v) is 14.4. The molecule has 11 nitrogen and oxygen atoms in total. The van der Waals surface area contributed by atoms with Crippen LogP contribution in [0.5, 0.6) is 5.75 Å². The first kappa shape index (κ1) is 29.4. The number of alkyl halides is 1. The summed E-state index contributed by atoms with van der Waals surface area (Å²) in [5.74, 6) is -0.00368. The van der Waals surface area contributed by atoms with E-state index in [1.165, 1.54) is 4.90 Å². The van der Waals surface area contributed by atoms with E-state index in [9.17, 15) is 18.8 Å². The Morgan fingerprint density at radius 1 is 1.14 bits per heavy atom. The van der Waals surface area contributed by atoms with Gasteiger partial charge >= 0.3 is 0 Å². The Bertz CT molecular complexity index is 1430. The van der Waals surface area contributed by atoms with E-state index in [4.69, 9.17) is 10.5 Å². The van der Waals surface area contributed by atoms with Gasteiger partial charge in [-0.25, -0.2) is 9.07 Å². The summed E-state index contributed by atoms with van der Waals surface area (Å²) in [7, 11) is 3.43. The normalized spacial score (nSPS) is 21.1. The molecule has 0 saturated carbocycles. The Hall–Kier alpha value is -4.06. The van der Waals surface area contributed by atoms with E-state index < -0.39 is 18.3 Å². The molecule has 4 atom stereocenters. The number of amides is 3. The molecule has 0 radical (unpaired) electrons. The van der Waals surface area contributed by atoms with E-state index in [1.807, 2.05) is 49.5 Å². The maximum absolute atomic E-state index is 13.6. The number of methoxy groups -OCH3 is 1. The minimum absolute atomic E-state index is 0.0500. The summed E-state index contributed by atoms with van der Waals surface area (Å²) in [6, 6.07) is 11.8. The molecule has 3 aromatic rings. The van der Waals surface area contributed by atoms with E-state index in [0.717, 1.165) is 27.9 Å². The number of nitrogens with two attached hydrogens (primary N) is 1. The number of aromatic nitrogens is 3. The molecule has 4 unspecified atom stereocenters. The molecule has 0 spiro atoms. The number of hydrogen-bond donors (Lipinski definition) is 2. The number of aryl methyl sites for hydroxylation is 1. The number of carbonyl (C=O) groups excluding carboxylic acids is 3. The van der Waals surface area contributed by atoms with Gasteiger partial charge in [-0.3, -0.25) is 14.4 Å². The SMILES string of the molecule is COc1ccc(CC2CC(C(=O)NCc3ccc4c(c3)nnn4C)N(C(=O)C(N)CCC(=O)N3CCC(F)C3)C2)cc1. The second-order valence-corrected chi connectivity index (χ2v) is 11.3. The number of fused-ring (bicyclic) bond motifs is 1. The first-order chi connectivity index (χ1) is 20.2. The standard InChI is InChI=1S/C30H38FN7O4/c1-36-26-9-5-20(14-25(26)34-35-36)16-33-29(40)27-15-21(13-19-3-6-23(42-2)7-4-19)17-38(27)30(41)24(32)8-10-28(39)37-12-11-22(31)18-37/h3-7,9,14,21-22,24,27H,8,10-13,15-18,32H2,1-2H3,(H,33,40). The Balaban J connectivity index is 1.24. The largest absolute Gasteiger partial charge is 0.497 e. The molecule has 3 heterocycles. The van der Waals surface area contributed by atoms with Crippen molar-refractivity contribution in [1.29, 1.82) is 0 Å². The average molecular weight is 580 g/mol. The van der Waals surface area contributed by atoms with Crippen LogP contribution in [0, 0.1) is 5.92 Å². The number of nitrogens with zero attached hydrogens (tertiary/aromatic N) is 5. The van der Waals surface area contributed by atoms with Crippen molar-refractivity contribution in [2.24, 2.45) is 18.7 Å². The number of likely N-dealkylation sites (tertiary alicyclic amines) is 2. The highest BCUT2D eigenvalue weighted by Gasteiger charge is 2.41. The van der Waals surface area contributed by atoms with Crippen LogP contribution in [-0.2, 0) is 34.4 Å². The number of benzene rings is 2. The van der Waals surface area contributed by atoms with Crippen molar-refractivity contribution in [1.82, 2.24) is 30.1 Å². The third-order valence-electron chi connectivity index (χ3n) is 8.27. The lowest BCUT2D eigenvalue weighted by molar-refractivity contribution is -0.140. The monoisotopic (exact) mass is 579 g/mol. The molecule has 42 heavy (non-hydrogen) atoms. The molecule has 224 valence electrons. The van der Waals surface area contributed by atoms with Crippen molar-refractivity contribution in [3.05, 3.63) is 53.6 Å². The van der Waals surface area contributed by atoms with Crippen molar-refractivity contribution < 1.29 is 23.5 Å². The van der Waals surface area contributed by atoms with Gasteiger partial charge in [-0.05, 0) is 67.0 Å². The maximum Gasteiger partial charge on any atom is 0.243 e. The highest BCUT2D eigenvalue weighted by atomic mass is 19.1. The summed E-state index contributed by atoms with van der Waals surface area (Å²) in [4.78, 5) is 42.6. The predicted octanol–water partition coefficient (Wildman–Crippen LogP) is 1.73. The van der Waals surface area contributed by atoms with Crippen molar-refractivity contribution >= 4 is 28.8 Å². The van der Waals surface area contributed by atoms with Crippen LogP contribution in [0.3, 0.4) is 0 Å². The Morgan fingerprint density at radius 3 is 2.62 bits per heavy atom. The van der Waals surface area contributed by atoms with E-state index in [1.54, 1.807) is 16.7 Å². The van der Waals surface area contributed by atoms with E-state index in [0.29, 0.717) is 32.4 Å². The van der Waals surface area contributed by atoms with Gasteiger partial charge in [0.15, 0.2) is 0 Å². The van der Waals surface area contributed by atoms with Gasteiger partial charge in [-0.2, -0.15) is 0 Å². The van der Waals surface area contributed by atoms with Crippen molar-refractivity contribution in [3.63, 3.8) is 0 Å². The van der Waals surface area contributed by atoms with E-state index in [2.05, 4.69) is 15.6 Å². The van der Waals surface area contributed by atoms with Crippen molar-refractivity contribution in [3.8, 4) is 5.75 Å². The maximum atomic E-state index is 13.6. The lowest BCUT2D eigenvalue weighted by atomic mass is 9.96. The Labute approximate surface area is 244 Å². The highest BCUT2D eigenvalue weighted by molar-refractivity contribution is 5.91. The van der Waals surface area contributed by atoms with Gasteiger partial charge in [0.25, 0.3) is 0 Å². The van der Waals surface area contributed by atoms with Crippen LogP contribution in [0.4, 0.5) is 4.39 Å². The molecule has 3 amide bonds. The number of rotatable bonds is 10. The molecular weight excluding hydrogens is 541 g/mol. The lowest BCUT2D eigenvalue weighted by Crippen LogP contribution is -2.51. The van der Waals surface area contributed by atoms with Gasteiger partial charge in [0.05, 0.1) is 25.2 Å². The molecular formula is C30H38FN7O4. The van der Waals surface area contributed by atoms with E-state index >= 15 is 0 Å². The topological polar surface area (TPSA) is 136 Å². The molecule has 5 rings (SSSR count). The minimum atomic E-state index is -1.00. The van der Waals surface area contributed by atoms with Crippen LogP contribution >= 0.6 is 0 Å². The van der Waals surface area contributed by atoms with Crippen LogP contribution < -0.4 is 15.8 Å². The molecule has 2 aliphatic rings. The van der Waals surface area contributed by atoms with Crippen LogP contribution in [0.1, 0.15) is 36.8 Å². The van der Waals surface area contributed by atoms with Crippen molar-refractivity contribution in [2.45, 2.75) is 56.9 Å². The van der Waals surface area contributed by atoms with Crippen LogP contribution in [0.2, 0.25) is 0 Å². The molecule has 0 bridgehead atoms. The number of ether oxygens (including phenoxy) is 1. The second kappa shape index (κ2) is 12.8. The molecule has 2 aliphatic heterocycles. The number of hydrogen-bond acceptors (Lipinski definition) is 7. The van der Waals surface area contributed by atoms with E-state index in [-0.39, 0.29) is 49.6 Å². The molecule has 2 aromatic carbocycles. The molecule has 2 saturated heterocycles. The fourth-order valence-corrected chi connectivity index (χ4v) is 5.88. The number of halogens is 1. The van der Waals surface area contributed by atoms with Crippen LogP contribution in [0.15, 0.2) is 42.5 Å². The Morgan fingerprint density at radius 2 is 1.90 bits per heavy atom. The summed E-state index contributed by atoms with van der Waals surface area (Å²) in [6.45, 7) is 1.13. The average Bonchev–Trinajstić information content (AvgIpc) is 3.73. The molecule has 1 aromatic heterocycles. The van der Waals surface area contributed by atoms with Gasteiger partial charge in [0.1, 0.15) is 23.5 Å². The van der Waals surface area contributed by atoms with Gasteiger partial charge in [-0.1, -0.05) is 23.4 Å². The fraction of sp³-hybridized carbons (Fsp3) is 0.500. The first-order valence-electron chi connectivity index (χ1n) is 14.4. The van der Waals surface area contributed by atoms with Crippen LogP contribution in [-0.4, -0.2) is 87.5 Å². The highest BCUT2D eigenvalue weighted by Crippen LogP contribution is 2.29. The van der Waals surface area contributed by atoms with Gasteiger partial charge < -0.3 is 25.6 Å². The third-order valence-corrected chi connectivity index (χ3v) is 8.27. The summed E-state index contributed by atoms with van der Waals surface area (Å²) < 4.78 is 20.5. The molecule has 12 heteroatoms.